The lowest BCUT2D eigenvalue weighted by Gasteiger charge is -2.30. The Morgan fingerprint density at radius 2 is 1.39 bits per heavy atom. The average molecular weight is 313 g/mol. The lowest BCUT2D eigenvalue weighted by Crippen LogP contribution is -2.35. The molecule has 0 spiro atoms. The Bertz CT molecular complexity index is 603. The van der Waals surface area contributed by atoms with Crippen LogP contribution in [0, 0.1) is 0 Å². The molecule has 1 atom stereocenters. The van der Waals surface area contributed by atoms with Gasteiger partial charge in [-0.2, -0.15) is 0 Å². The number of para-hydroxylation sites is 2. The second-order valence-electron chi connectivity index (χ2n) is 4.77. The first-order chi connectivity index (χ1) is 11.1. The molecular formula is C18H19NO4. The van der Waals surface area contributed by atoms with Crippen LogP contribution in [0.1, 0.15) is 13.8 Å². The van der Waals surface area contributed by atoms with Crippen LogP contribution in [0.15, 0.2) is 60.7 Å². The van der Waals surface area contributed by atoms with Crippen molar-refractivity contribution >= 4 is 23.3 Å². The zero-order valence-corrected chi connectivity index (χ0v) is 13.1. The number of anilines is 2. The molecule has 2 rings (SSSR count). The molecule has 0 fully saturated rings. The third-order valence-corrected chi connectivity index (χ3v) is 3.15. The van der Waals surface area contributed by atoms with Crippen molar-refractivity contribution in [1.29, 1.82) is 0 Å². The van der Waals surface area contributed by atoms with Gasteiger partial charge in [-0.1, -0.05) is 36.4 Å². The molecule has 5 heteroatoms. The van der Waals surface area contributed by atoms with Gasteiger partial charge >= 0.3 is 11.9 Å². The number of hydrogen-bond donors (Lipinski definition) is 0. The van der Waals surface area contributed by atoms with E-state index in [1.807, 2.05) is 65.6 Å². The number of hydrogen-bond acceptors (Lipinski definition) is 5. The summed E-state index contributed by atoms with van der Waals surface area (Å²) in [5, 5.41) is 0. The van der Waals surface area contributed by atoms with Gasteiger partial charge in [0.2, 0.25) is 0 Å². The van der Waals surface area contributed by atoms with E-state index in [-0.39, 0.29) is 6.61 Å². The molecule has 0 saturated carbocycles. The summed E-state index contributed by atoms with van der Waals surface area (Å²) in [6, 6.07) is 19.0. The minimum atomic E-state index is -1.00. The van der Waals surface area contributed by atoms with Gasteiger partial charge in [0.25, 0.3) is 0 Å². The van der Waals surface area contributed by atoms with Crippen molar-refractivity contribution in [2.24, 2.45) is 0 Å². The number of nitrogens with zero attached hydrogens (tertiary/aromatic N) is 1. The highest BCUT2D eigenvalue weighted by molar-refractivity contribution is 6.29. The fraction of sp³-hybridized carbons (Fsp3) is 0.222. The quantitative estimate of drug-likeness (QED) is 0.482. The first-order valence-electron chi connectivity index (χ1n) is 7.40. The maximum atomic E-state index is 11.8. The second kappa shape index (κ2) is 7.98. The van der Waals surface area contributed by atoms with Gasteiger partial charge in [0, 0.05) is 11.4 Å². The number of carbonyl (C=O) groups is 2. The Hall–Kier alpha value is -2.82. The van der Waals surface area contributed by atoms with Crippen LogP contribution >= 0.6 is 0 Å². The highest BCUT2D eigenvalue weighted by Gasteiger charge is 2.24. The minimum absolute atomic E-state index is 0.128. The summed E-state index contributed by atoms with van der Waals surface area (Å²) in [5.74, 6) is -1.99. The maximum absolute atomic E-state index is 11.8. The summed E-state index contributed by atoms with van der Waals surface area (Å²) in [5.41, 5.74) is 1.70. The zero-order chi connectivity index (χ0) is 16.7. The van der Waals surface area contributed by atoms with Crippen molar-refractivity contribution < 1.29 is 19.1 Å². The van der Waals surface area contributed by atoms with Crippen molar-refractivity contribution in [3.63, 3.8) is 0 Å². The van der Waals surface area contributed by atoms with E-state index in [1.165, 1.54) is 0 Å². The highest BCUT2D eigenvalue weighted by atomic mass is 16.6. The van der Waals surface area contributed by atoms with Gasteiger partial charge in [0.05, 0.1) is 6.61 Å². The van der Waals surface area contributed by atoms with Crippen molar-refractivity contribution in [1.82, 2.24) is 0 Å². The van der Waals surface area contributed by atoms with E-state index in [9.17, 15) is 9.59 Å². The summed E-state index contributed by atoms with van der Waals surface area (Å²) in [4.78, 5) is 25.1. The Morgan fingerprint density at radius 3 is 1.83 bits per heavy atom. The van der Waals surface area contributed by atoms with Crippen LogP contribution in [0.25, 0.3) is 0 Å². The third kappa shape index (κ3) is 4.32. The molecule has 0 amide bonds. The molecule has 120 valence electrons. The molecular weight excluding hydrogens is 294 g/mol. The largest absolute Gasteiger partial charge is 0.458 e. The lowest BCUT2D eigenvalue weighted by atomic mass is 10.2. The molecule has 0 aromatic heterocycles. The van der Waals surface area contributed by atoms with E-state index in [2.05, 4.69) is 4.74 Å². The molecule has 23 heavy (non-hydrogen) atoms. The van der Waals surface area contributed by atoms with Gasteiger partial charge in [0.1, 0.15) is 0 Å². The van der Waals surface area contributed by atoms with Crippen molar-refractivity contribution in [3.8, 4) is 0 Å². The molecule has 0 N–H and O–H groups in total. The van der Waals surface area contributed by atoms with E-state index >= 15 is 0 Å². The highest BCUT2D eigenvalue weighted by Crippen LogP contribution is 2.27. The molecule has 0 saturated heterocycles. The Morgan fingerprint density at radius 1 is 0.913 bits per heavy atom. The van der Waals surface area contributed by atoms with Gasteiger partial charge in [-0.25, -0.2) is 9.59 Å². The summed E-state index contributed by atoms with van der Waals surface area (Å²) in [7, 11) is 0. The number of carbonyl (C=O) groups excluding carboxylic acids is 2. The molecule has 0 radical (unpaired) electrons. The van der Waals surface area contributed by atoms with Crippen LogP contribution in [0.5, 0.6) is 0 Å². The predicted octanol–water partition coefficient (Wildman–Crippen LogP) is 3.28. The molecule has 0 heterocycles. The van der Waals surface area contributed by atoms with Crippen LogP contribution < -0.4 is 4.90 Å². The van der Waals surface area contributed by atoms with Crippen molar-refractivity contribution in [3.05, 3.63) is 60.7 Å². The van der Waals surface area contributed by atoms with Crippen LogP contribution in [-0.2, 0) is 19.1 Å². The van der Waals surface area contributed by atoms with Gasteiger partial charge in [-0.3, -0.25) is 0 Å². The number of rotatable bonds is 5. The number of ether oxygens (including phenoxy) is 2. The molecule has 2 aromatic rings. The summed E-state index contributed by atoms with van der Waals surface area (Å²) in [6.07, 6.45) is -0.670. The standard InChI is InChI=1S/C18H19NO4/c1-3-22-17(20)18(21)23-14(2)19(15-10-6-4-7-11-15)16-12-8-5-9-13-16/h4-14H,3H2,1-2H3. The topological polar surface area (TPSA) is 55.8 Å². The summed E-state index contributed by atoms with van der Waals surface area (Å²) < 4.78 is 9.91. The van der Waals surface area contributed by atoms with Crippen molar-refractivity contribution in [2.45, 2.75) is 20.1 Å². The van der Waals surface area contributed by atoms with Gasteiger partial charge in [-0.05, 0) is 38.1 Å². The van der Waals surface area contributed by atoms with Crippen LogP contribution in [-0.4, -0.2) is 24.8 Å². The minimum Gasteiger partial charge on any atom is -0.458 e. The smallest absolute Gasteiger partial charge is 0.419 e. The van der Waals surface area contributed by atoms with E-state index in [4.69, 9.17) is 4.74 Å². The first-order valence-corrected chi connectivity index (χ1v) is 7.40. The maximum Gasteiger partial charge on any atom is 0.419 e. The Balaban J connectivity index is 2.24. The fourth-order valence-corrected chi connectivity index (χ4v) is 2.19. The van der Waals surface area contributed by atoms with E-state index < -0.39 is 18.2 Å². The Labute approximate surface area is 135 Å². The third-order valence-electron chi connectivity index (χ3n) is 3.15. The molecule has 0 aliphatic heterocycles. The van der Waals surface area contributed by atoms with Gasteiger partial charge < -0.3 is 14.4 Å². The molecule has 1 unspecified atom stereocenters. The van der Waals surface area contributed by atoms with Crippen molar-refractivity contribution in [2.75, 3.05) is 11.5 Å². The monoisotopic (exact) mass is 313 g/mol. The van der Waals surface area contributed by atoms with E-state index in [0.29, 0.717) is 0 Å². The number of benzene rings is 2. The van der Waals surface area contributed by atoms with E-state index in [1.54, 1.807) is 13.8 Å². The van der Waals surface area contributed by atoms with Crippen LogP contribution in [0.4, 0.5) is 11.4 Å². The fourth-order valence-electron chi connectivity index (χ4n) is 2.19. The SMILES string of the molecule is CCOC(=O)C(=O)OC(C)N(c1ccccc1)c1ccccc1. The summed E-state index contributed by atoms with van der Waals surface area (Å²) >= 11 is 0. The first kappa shape index (κ1) is 16.5. The summed E-state index contributed by atoms with van der Waals surface area (Å²) in [6.45, 7) is 3.47. The van der Waals surface area contributed by atoms with Crippen LogP contribution in [0.3, 0.4) is 0 Å². The number of esters is 2. The molecule has 0 aliphatic carbocycles. The average Bonchev–Trinajstić information content (AvgIpc) is 2.57. The Kier molecular flexibility index (Phi) is 5.74. The lowest BCUT2D eigenvalue weighted by molar-refractivity contribution is -0.170. The second-order valence-corrected chi connectivity index (χ2v) is 4.77. The molecule has 5 nitrogen and oxygen atoms in total. The predicted molar refractivity (Wildman–Crippen MR) is 87.2 cm³/mol. The molecule has 2 aromatic carbocycles. The normalized spacial score (nSPS) is 11.4. The van der Waals surface area contributed by atoms with Gasteiger partial charge in [0.15, 0.2) is 6.23 Å². The zero-order valence-electron chi connectivity index (χ0n) is 13.1. The van der Waals surface area contributed by atoms with E-state index in [0.717, 1.165) is 11.4 Å². The molecule has 0 bridgehead atoms. The van der Waals surface area contributed by atoms with Gasteiger partial charge in [-0.15, -0.1) is 0 Å². The van der Waals surface area contributed by atoms with Crippen LogP contribution in [0.2, 0.25) is 0 Å². The molecule has 0 aliphatic rings.